The molecule has 1 aromatic heterocycles. The molecule has 0 unspecified atom stereocenters. The highest BCUT2D eigenvalue weighted by Gasteiger charge is 2.08. The average Bonchev–Trinajstić information content (AvgIpc) is 2.58. The lowest BCUT2D eigenvalue weighted by Crippen LogP contribution is -2.15. The fourth-order valence-corrected chi connectivity index (χ4v) is 3.33. The van der Waals surface area contributed by atoms with Crippen LogP contribution in [-0.4, -0.2) is 16.6 Å². The maximum absolute atomic E-state index is 13.5. The van der Waals surface area contributed by atoms with Crippen LogP contribution < -0.4 is 10.7 Å². The Hall–Kier alpha value is -2.31. The third-order valence-electron chi connectivity index (χ3n) is 3.51. The van der Waals surface area contributed by atoms with E-state index in [2.05, 4.69) is 10.3 Å². The molecule has 3 aromatic rings. The standard InChI is InChI=1S/C18H14ClFN2O2S/c19-13-5-3-4-12-16(23)8-11(21-18(12)13)9-25-10-17(24)22-15-7-2-1-6-14(15)20/h1-8H,9-10H2,(H,21,23)(H,22,24). The van der Waals surface area contributed by atoms with Gasteiger partial charge in [0.2, 0.25) is 5.91 Å². The number of nitrogens with one attached hydrogen (secondary N) is 2. The molecule has 1 amide bonds. The minimum absolute atomic E-state index is 0.123. The summed E-state index contributed by atoms with van der Waals surface area (Å²) >= 11 is 7.43. The van der Waals surface area contributed by atoms with Crippen LogP contribution in [0.15, 0.2) is 53.3 Å². The van der Waals surface area contributed by atoms with Crippen molar-refractivity contribution in [3.63, 3.8) is 0 Å². The van der Waals surface area contributed by atoms with E-state index < -0.39 is 5.82 Å². The molecule has 0 fully saturated rings. The highest BCUT2D eigenvalue weighted by molar-refractivity contribution is 7.99. The molecule has 0 aliphatic rings. The Morgan fingerprint density at radius 1 is 1.20 bits per heavy atom. The Kier molecular flexibility index (Phi) is 5.40. The van der Waals surface area contributed by atoms with Gasteiger partial charge in [-0.1, -0.05) is 29.8 Å². The van der Waals surface area contributed by atoms with E-state index in [1.807, 2.05) is 0 Å². The Morgan fingerprint density at radius 3 is 2.80 bits per heavy atom. The Labute approximate surface area is 152 Å². The molecule has 2 aromatic carbocycles. The number of benzene rings is 2. The zero-order valence-corrected chi connectivity index (χ0v) is 14.6. The molecule has 4 nitrogen and oxygen atoms in total. The number of rotatable bonds is 5. The Balaban J connectivity index is 1.63. The highest BCUT2D eigenvalue weighted by atomic mass is 35.5. The van der Waals surface area contributed by atoms with E-state index in [1.165, 1.54) is 30.0 Å². The number of carbonyl (C=O) groups excluding carboxylic acids is 1. The number of H-pyrrole nitrogens is 1. The van der Waals surface area contributed by atoms with Crippen molar-refractivity contribution < 1.29 is 9.18 Å². The lowest BCUT2D eigenvalue weighted by atomic mass is 10.2. The molecule has 3 rings (SSSR count). The first-order valence-corrected chi connectivity index (χ1v) is 9.00. The molecular weight excluding hydrogens is 363 g/mol. The maximum Gasteiger partial charge on any atom is 0.234 e. The molecule has 0 aliphatic heterocycles. The number of amides is 1. The number of halogens is 2. The van der Waals surface area contributed by atoms with Crippen LogP contribution in [0.25, 0.3) is 10.9 Å². The van der Waals surface area contributed by atoms with Gasteiger partial charge in [-0.3, -0.25) is 9.59 Å². The van der Waals surface area contributed by atoms with E-state index in [0.717, 1.165) is 0 Å². The molecule has 0 bridgehead atoms. The van der Waals surface area contributed by atoms with Gasteiger partial charge >= 0.3 is 0 Å². The van der Waals surface area contributed by atoms with Crippen molar-refractivity contribution in [2.24, 2.45) is 0 Å². The summed E-state index contributed by atoms with van der Waals surface area (Å²) in [5.41, 5.74) is 1.29. The second-order valence-electron chi connectivity index (χ2n) is 5.34. The number of aromatic nitrogens is 1. The second kappa shape index (κ2) is 7.72. The van der Waals surface area contributed by atoms with Gasteiger partial charge in [-0.25, -0.2) is 4.39 Å². The lowest BCUT2D eigenvalue weighted by Gasteiger charge is -2.07. The molecular formula is C18H14ClFN2O2S. The molecule has 0 saturated heterocycles. The van der Waals surface area contributed by atoms with Gasteiger partial charge in [-0.2, -0.15) is 0 Å². The van der Waals surface area contributed by atoms with E-state index in [9.17, 15) is 14.0 Å². The number of fused-ring (bicyclic) bond motifs is 1. The van der Waals surface area contributed by atoms with Crippen LogP contribution in [0.4, 0.5) is 10.1 Å². The van der Waals surface area contributed by atoms with Crippen LogP contribution in [-0.2, 0) is 10.5 Å². The summed E-state index contributed by atoms with van der Waals surface area (Å²) in [4.78, 5) is 27.1. The zero-order valence-electron chi connectivity index (χ0n) is 13.0. The van der Waals surface area contributed by atoms with Crippen LogP contribution in [0.2, 0.25) is 5.02 Å². The van der Waals surface area contributed by atoms with Crippen LogP contribution in [0, 0.1) is 5.82 Å². The molecule has 2 N–H and O–H groups in total. The van der Waals surface area contributed by atoms with Crippen molar-refractivity contribution in [2.45, 2.75) is 5.75 Å². The Bertz CT molecular complexity index is 990. The number of hydrogen-bond donors (Lipinski definition) is 2. The number of pyridine rings is 1. The predicted octanol–water partition coefficient (Wildman–Crippen LogP) is 4.19. The van der Waals surface area contributed by atoms with Gasteiger partial charge in [0.25, 0.3) is 0 Å². The summed E-state index contributed by atoms with van der Waals surface area (Å²) in [5, 5.41) is 3.52. The van der Waals surface area contributed by atoms with Gasteiger partial charge in [0.05, 0.1) is 22.0 Å². The summed E-state index contributed by atoms with van der Waals surface area (Å²) in [7, 11) is 0. The quantitative estimate of drug-likeness (QED) is 0.701. The first-order chi connectivity index (χ1) is 12.0. The van der Waals surface area contributed by atoms with Gasteiger partial charge < -0.3 is 10.3 Å². The fraction of sp³-hybridized carbons (Fsp3) is 0.111. The molecule has 0 radical (unpaired) electrons. The van der Waals surface area contributed by atoms with E-state index >= 15 is 0 Å². The second-order valence-corrected chi connectivity index (χ2v) is 6.73. The summed E-state index contributed by atoms with van der Waals surface area (Å²) in [6.45, 7) is 0. The van der Waals surface area contributed by atoms with E-state index in [1.54, 1.807) is 30.3 Å². The number of anilines is 1. The number of para-hydroxylation sites is 2. The summed E-state index contributed by atoms with van der Waals surface area (Å²) in [6.07, 6.45) is 0. The van der Waals surface area contributed by atoms with Crippen LogP contribution in [0.3, 0.4) is 0 Å². The zero-order chi connectivity index (χ0) is 17.8. The van der Waals surface area contributed by atoms with Gasteiger partial charge in [-0.05, 0) is 24.3 Å². The van der Waals surface area contributed by atoms with Crippen molar-refractivity contribution in [3.8, 4) is 0 Å². The number of hydrogen-bond acceptors (Lipinski definition) is 3. The van der Waals surface area contributed by atoms with Crippen LogP contribution in [0.5, 0.6) is 0 Å². The molecule has 0 saturated carbocycles. The smallest absolute Gasteiger partial charge is 0.234 e. The Morgan fingerprint density at radius 2 is 2.00 bits per heavy atom. The molecule has 128 valence electrons. The molecule has 0 spiro atoms. The summed E-state index contributed by atoms with van der Waals surface area (Å²) in [6, 6.07) is 12.6. The first kappa shape index (κ1) is 17.5. The fourth-order valence-electron chi connectivity index (χ4n) is 2.37. The minimum atomic E-state index is -0.477. The van der Waals surface area contributed by atoms with Crippen LogP contribution in [0.1, 0.15) is 5.69 Å². The number of aromatic amines is 1. The van der Waals surface area contributed by atoms with Gasteiger partial charge in [0.15, 0.2) is 5.43 Å². The molecule has 25 heavy (non-hydrogen) atoms. The molecule has 7 heteroatoms. The minimum Gasteiger partial charge on any atom is -0.356 e. The number of thioether (sulfide) groups is 1. The van der Waals surface area contributed by atoms with Gasteiger partial charge in [0.1, 0.15) is 5.82 Å². The number of carbonyl (C=O) groups is 1. The molecule has 0 aliphatic carbocycles. The average molecular weight is 377 g/mol. The van der Waals surface area contributed by atoms with Crippen molar-refractivity contribution in [1.82, 2.24) is 4.98 Å². The van der Waals surface area contributed by atoms with Crippen LogP contribution >= 0.6 is 23.4 Å². The van der Waals surface area contributed by atoms with Crippen molar-refractivity contribution in [2.75, 3.05) is 11.1 Å². The highest BCUT2D eigenvalue weighted by Crippen LogP contribution is 2.20. The van der Waals surface area contributed by atoms with Gasteiger partial charge in [-0.15, -0.1) is 11.8 Å². The third-order valence-corrected chi connectivity index (χ3v) is 4.81. The van der Waals surface area contributed by atoms with E-state index in [4.69, 9.17) is 11.6 Å². The first-order valence-electron chi connectivity index (χ1n) is 7.47. The maximum atomic E-state index is 13.5. The summed E-state index contributed by atoms with van der Waals surface area (Å²) in [5.74, 6) is -0.219. The topological polar surface area (TPSA) is 62.0 Å². The molecule has 0 atom stereocenters. The monoisotopic (exact) mass is 376 g/mol. The van der Waals surface area contributed by atoms with E-state index in [0.29, 0.717) is 27.4 Å². The SMILES string of the molecule is O=C(CSCc1cc(=O)c2cccc(Cl)c2[nH]1)Nc1ccccc1F. The van der Waals surface area contributed by atoms with Crippen molar-refractivity contribution in [1.29, 1.82) is 0 Å². The third kappa shape index (κ3) is 4.21. The summed E-state index contributed by atoms with van der Waals surface area (Å²) < 4.78 is 13.5. The van der Waals surface area contributed by atoms with Crippen molar-refractivity contribution in [3.05, 3.63) is 75.3 Å². The van der Waals surface area contributed by atoms with Gasteiger partial charge in [0, 0.05) is 22.9 Å². The predicted molar refractivity (Wildman–Crippen MR) is 101 cm³/mol. The molecule has 1 heterocycles. The van der Waals surface area contributed by atoms with E-state index in [-0.39, 0.29) is 22.8 Å². The largest absolute Gasteiger partial charge is 0.356 e. The van der Waals surface area contributed by atoms with Crippen molar-refractivity contribution >= 4 is 45.9 Å². The normalized spacial score (nSPS) is 10.8. The lowest BCUT2D eigenvalue weighted by molar-refractivity contribution is -0.113.